The number of amides is 1. The minimum atomic E-state index is -0.142. The van der Waals surface area contributed by atoms with Gasteiger partial charge in [0.05, 0.1) is 5.69 Å². The number of nitrogens with one attached hydrogen (secondary N) is 2. The summed E-state index contributed by atoms with van der Waals surface area (Å²) in [5.41, 5.74) is 6.09. The number of aromatic nitrogens is 4. The van der Waals surface area contributed by atoms with Crippen molar-refractivity contribution in [1.29, 1.82) is 0 Å². The van der Waals surface area contributed by atoms with Gasteiger partial charge in [-0.3, -0.25) is 4.79 Å². The smallest absolute Gasteiger partial charge is 0.227 e. The molecule has 5 rings (SSSR count). The SMILES string of the molecule is Cc1ccc(-c2noc(CCC(=O)Nc3nc(-c4c(C)[nH]c5ccccc45)cs3)n2)cc1. The van der Waals surface area contributed by atoms with Crippen molar-refractivity contribution in [3.05, 3.63) is 71.1 Å². The van der Waals surface area contributed by atoms with E-state index in [2.05, 4.69) is 31.5 Å². The number of nitrogens with zero attached hydrogens (tertiary/aromatic N) is 3. The molecule has 0 bridgehead atoms. The maximum atomic E-state index is 12.4. The topological polar surface area (TPSA) is 96.7 Å². The molecule has 7 nitrogen and oxygen atoms in total. The van der Waals surface area contributed by atoms with E-state index in [-0.39, 0.29) is 12.3 Å². The molecular weight excluding hydrogens is 422 g/mol. The summed E-state index contributed by atoms with van der Waals surface area (Å²) in [6.07, 6.45) is 0.598. The van der Waals surface area contributed by atoms with Crippen LogP contribution in [0.4, 0.5) is 5.13 Å². The van der Waals surface area contributed by atoms with Crippen LogP contribution in [0.3, 0.4) is 0 Å². The van der Waals surface area contributed by atoms with Crippen LogP contribution >= 0.6 is 11.3 Å². The van der Waals surface area contributed by atoms with E-state index in [1.165, 1.54) is 16.9 Å². The summed E-state index contributed by atoms with van der Waals surface area (Å²) in [6.45, 7) is 4.05. The quantitative estimate of drug-likeness (QED) is 0.360. The van der Waals surface area contributed by atoms with Crippen LogP contribution < -0.4 is 5.32 Å². The Hall–Kier alpha value is -3.78. The van der Waals surface area contributed by atoms with Gasteiger partial charge in [-0.2, -0.15) is 4.98 Å². The van der Waals surface area contributed by atoms with Crippen molar-refractivity contribution in [3.63, 3.8) is 0 Å². The minimum Gasteiger partial charge on any atom is -0.358 e. The predicted octanol–water partition coefficient (Wildman–Crippen LogP) is 5.53. The zero-order valence-electron chi connectivity index (χ0n) is 17.7. The molecule has 0 radical (unpaired) electrons. The Morgan fingerprint density at radius 3 is 2.75 bits per heavy atom. The van der Waals surface area contributed by atoms with Gasteiger partial charge in [-0.05, 0) is 19.9 Å². The Balaban J connectivity index is 1.22. The highest BCUT2D eigenvalue weighted by Gasteiger charge is 2.15. The van der Waals surface area contributed by atoms with Crippen LogP contribution in [-0.4, -0.2) is 26.0 Å². The van der Waals surface area contributed by atoms with Gasteiger partial charge in [0.2, 0.25) is 17.6 Å². The summed E-state index contributed by atoms with van der Waals surface area (Å²) in [7, 11) is 0. The van der Waals surface area contributed by atoms with Gasteiger partial charge < -0.3 is 14.8 Å². The lowest BCUT2D eigenvalue weighted by Crippen LogP contribution is -2.12. The number of thiazole rings is 1. The third-order valence-electron chi connectivity index (χ3n) is 5.24. The van der Waals surface area contributed by atoms with Crippen LogP contribution in [0.5, 0.6) is 0 Å². The Morgan fingerprint density at radius 2 is 1.91 bits per heavy atom. The third-order valence-corrected chi connectivity index (χ3v) is 6.00. The highest BCUT2D eigenvalue weighted by atomic mass is 32.1. The molecule has 0 aliphatic rings. The summed E-state index contributed by atoms with van der Waals surface area (Å²) >= 11 is 1.41. The van der Waals surface area contributed by atoms with Crippen LogP contribution in [0.1, 0.15) is 23.6 Å². The Kier molecular flexibility index (Phi) is 5.28. The molecule has 32 heavy (non-hydrogen) atoms. The molecule has 0 spiro atoms. The first-order valence-electron chi connectivity index (χ1n) is 10.3. The molecule has 1 amide bonds. The number of hydrogen-bond donors (Lipinski definition) is 2. The van der Waals surface area contributed by atoms with E-state index in [9.17, 15) is 4.79 Å². The number of aromatic amines is 1. The average molecular weight is 444 g/mol. The van der Waals surface area contributed by atoms with Crippen LogP contribution in [-0.2, 0) is 11.2 Å². The van der Waals surface area contributed by atoms with Crippen LogP contribution in [0.2, 0.25) is 0 Å². The van der Waals surface area contributed by atoms with E-state index in [0.29, 0.717) is 23.3 Å². The van der Waals surface area contributed by atoms with E-state index >= 15 is 0 Å². The fourth-order valence-corrected chi connectivity index (χ4v) is 4.35. The van der Waals surface area contributed by atoms with Gasteiger partial charge in [-0.1, -0.05) is 53.2 Å². The predicted molar refractivity (Wildman–Crippen MR) is 126 cm³/mol. The highest BCUT2D eigenvalue weighted by molar-refractivity contribution is 7.14. The zero-order chi connectivity index (χ0) is 22.1. The molecule has 2 N–H and O–H groups in total. The summed E-state index contributed by atoms with van der Waals surface area (Å²) in [4.78, 5) is 24.8. The molecule has 3 aromatic heterocycles. The fraction of sp³-hybridized carbons (Fsp3) is 0.167. The van der Waals surface area contributed by atoms with Crippen molar-refractivity contribution in [3.8, 4) is 22.6 Å². The van der Waals surface area contributed by atoms with Crippen molar-refractivity contribution in [2.75, 3.05) is 5.32 Å². The molecule has 160 valence electrons. The van der Waals surface area contributed by atoms with Crippen molar-refractivity contribution in [1.82, 2.24) is 20.1 Å². The lowest BCUT2D eigenvalue weighted by atomic mass is 10.1. The largest absolute Gasteiger partial charge is 0.358 e. The van der Waals surface area contributed by atoms with Gasteiger partial charge >= 0.3 is 0 Å². The standard InChI is InChI=1S/C24H21N5O2S/c1-14-7-9-16(10-8-14)23-28-21(31-29-23)12-11-20(30)27-24-26-19(13-32-24)22-15(2)25-18-6-4-3-5-17(18)22/h3-10,13,25H,11-12H2,1-2H3,(H,26,27,30). The summed E-state index contributed by atoms with van der Waals surface area (Å²) < 4.78 is 5.30. The van der Waals surface area contributed by atoms with Gasteiger partial charge in [-0.15, -0.1) is 11.3 Å². The second kappa shape index (κ2) is 8.39. The zero-order valence-corrected chi connectivity index (χ0v) is 18.5. The van der Waals surface area contributed by atoms with Gasteiger partial charge in [0.1, 0.15) is 0 Å². The lowest BCUT2D eigenvalue weighted by molar-refractivity contribution is -0.116. The molecule has 0 saturated heterocycles. The number of benzene rings is 2. The number of H-pyrrole nitrogens is 1. The molecule has 0 atom stereocenters. The summed E-state index contributed by atoms with van der Waals surface area (Å²) in [6, 6.07) is 16.0. The molecule has 0 aliphatic heterocycles. The van der Waals surface area contributed by atoms with Gasteiger partial charge in [0.15, 0.2) is 5.13 Å². The van der Waals surface area contributed by atoms with Crippen molar-refractivity contribution >= 4 is 33.3 Å². The molecule has 3 heterocycles. The lowest BCUT2D eigenvalue weighted by Gasteiger charge is -2.00. The highest BCUT2D eigenvalue weighted by Crippen LogP contribution is 2.33. The molecular formula is C24H21N5O2S. The molecule has 0 aliphatic carbocycles. The normalized spacial score (nSPS) is 11.2. The number of aryl methyl sites for hydroxylation is 3. The monoisotopic (exact) mass is 443 g/mol. The van der Waals surface area contributed by atoms with E-state index < -0.39 is 0 Å². The van der Waals surface area contributed by atoms with Crippen LogP contribution in [0.25, 0.3) is 33.5 Å². The Morgan fingerprint density at radius 1 is 1.09 bits per heavy atom. The van der Waals surface area contributed by atoms with E-state index in [4.69, 9.17) is 4.52 Å². The minimum absolute atomic E-state index is 0.142. The first-order chi connectivity index (χ1) is 15.6. The first-order valence-corrected chi connectivity index (χ1v) is 11.2. The molecule has 0 saturated carbocycles. The molecule has 5 aromatic rings. The number of carbonyl (C=O) groups is 1. The van der Waals surface area contributed by atoms with E-state index in [0.717, 1.165) is 33.4 Å². The van der Waals surface area contributed by atoms with Crippen molar-refractivity contribution in [2.45, 2.75) is 26.7 Å². The Bertz CT molecular complexity index is 1400. The maximum absolute atomic E-state index is 12.4. The summed E-state index contributed by atoms with van der Waals surface area (Å²) in [5.74, 6) is 0.820. The molecule has 0 unspecified atom stereocenters. The molecule has 0 fully saturated rings. The van der Waals surface area contributed by atoms with Gasteiger partial charge in [0, 0.05) is 45.9 Å². The maximum Gasteiger partial charge on any atom is 0.227 e. The molecule has 2 aromatic carbocycles. The number of para-hydroxylation sites is 1. The van der Waals surface area contributed by atoms with E-state index in [1.54, 1.807) is 0 Å². The number of hydrogen-bond acceptors (Lipinski definition) is 6. The number of anilines is 1. The average Bonchev–Trinajstić information content (AvgIpc) is 3.51. The second-order valence-corrected chi connectivity index (χ2v) is 8.49. The fourth-order valence-electron chi connectivity index (χ4n) is 3.63. The van der Waals surface area contributed by atoms with Crippen molar-refractivity contribution in [2.24, 2.45) is 0 Å². The number of rotatable bonds is 6. The molecule has 8 heteroatoms. The van der Waals surface area contributed by atoms with Gasteiger partial charge in [-0.25, -0.2) is 4.98 Å². The third kappa shape index (κ3) is 4.04. The number of carbonyl (C=O) groups excluding carboxylic acids is 1. The Labute approximate surface area is 188 Å². The first kappa shape index (κ1) is 20.1. The van der Waals surface area contributed by atoms with Crippen LogP contribution in [0, 0.1) is 13.8 Å². The van der Waals surface area contributed by atoms with Crippen LogP contribution in [0.15, 0.2) is 58.4 Å². The second-order valence-electron chi connectivity index (χ2n) is 7.63. The van der Waals surface area contributed by atoms with Crippen molar-refractivity contribution < 1.29 is 9.32 Å². The van der Waals surface area contributed by atoms with E-state index in [1.807, 2.05) is 61.7 Å². The van der Waals surface area contributed by atoms with Gasteiger partial charge in [0.25, 0.3) is 0 Å². The number of fused-ring (bicyclic) bond motifs is 1. The summed E-state index contributed by atoms with van der Waals surface area (Å²) in [5, 5.41) is 10.5.